The molecule has 1 atom stereocenters. The Morgan fingerprint density at radius 1 is 0.875 bits per heavy atom. The molecule has 0 unspecified atom stereocenters. The maximum Gasteiger partial charge on any atom is 0.188 e. The van der Waals surface area contributed by atoms with E-state index < -0.39 is 15.1 Å². The average molecular weight is 340 g/mol. The predicted molar refractivity (Wildman–Crippen MR) is 98.7 cm³/mol. The predicted octanol–water partition coefficient (Wildman–Crippen LogP) is 5.40. The van der Waals surface area contributed by atoms with Gasteiger partial charge in [-0.05, 0) is 50.3 Å². The monoisotopic (exact) mass is 340 g/mol. The highest BCUT2D eigenvalue weighted by atomic mass is 32.2. The highest BCUT2D eigenvalue weighted by Crippen LogP contribution is 2.34. The summed E-state index contributed by atoms with van der Waals surface area (Å²) in [5, 5.41) is -0.602. The molecular formula is C21H24O2S. The van der Waals surface area contributed by atoms with Gasteiger partial charge in [0.2, 0.25) is 0 Å². The van der Waals surface area contributed by atoms with E-state index in [-0.39, 0.29) is 0 Å². The quantitative estimate of drug-likeness (QED) is 0.698. The zero-order valence-corrected chi connectivity index (χ0v) is 14.9. The first kappa shape index (κ1) is 17.0. The first-order chi connectivity index (χ1) is 11.6. The molecular weight excluding hydrogens is 316 g/mol. The molecule has 1 aliphatic rings. The Morgan fingerprint density at radius 3 is 2.12 bits per heavy atom. The molecule has 126 valence electrons. The molecule has 0 spiro atoms. The van der Waals surface area contributed by atoms with Crippen molar-refractivity contribution < 1.29 is 8.42 Å². The number of allylic oxidation sites excluding steroid dienone is 1. The van der Waals surface area contributed by atoms with E-state index >= 15 is 0 Å². The summed E-state index contributed by atoms with van der Waals surface area (Å²) in [4.78, 5) is 0.398. The lowest BCUT2D eigenvalue weighted by Crippen LogP contribution is -2.13. The van der Waals surface area contributed by atoms with Crippen LogP contribution in [0.25, 0.3) is 0 Å². The van der Waals surface area contributed by atoms with Crippen LogP contribution in [-0.4, -0.2) is 8.42 Å². The van der Waals surface area contributed by atoms with Crippen LogP contribution in [0.15, 0.2) is 71.1 Å². The summed E-state index contributed by atoms with van der Waals surface area (Å²) in [7, 11) is -3.45. The van der Waals surface area contributed by atoms with Crippen molar-refractivity contribution in [2.24, 2.45) is 0 Å². The Labute approximate surface area is 145 Å². The standard InChI is InChI=1S/C21H24O2S/c1-17-12-14-20(15-13-17)24(22,23)21(19-10-6-3-7-11-19)16-18-8-4-2-5-9-18/h3,6-7,10-16,21H,2,4-5,8-9H2,1H3/t21-/m1/s1. The largest absolute Gasteiger partial charge is 0.223 e. The van der Waals surface area contributed by atoms with Gasteiger partial charge >= 0.3 is 0 Å². The summed E-state index contributed by atoms with van der Waals surface area (Å²) in [5.74, 6) is 0. The first-order valence-corrected chi connectivity index (χ1v) is 10.2. The maximum absolute atomic E-state index is 13.3. The van der Waals surface area contributed by atoms with Gasteiger partial charge in [-0.2, -0.15) is 0 Å². The van der Waals surface area contributed by atoms with Crippen LogP contribution in [0.3, 0.4) is 0 Å². The second kappa shape index (κ2) is 7.35. The summed E-state index contributed by atoms with van der Waals surface area (Å²) in [6, 6.07) is 16.7. The summed E-state index contributed by atoms with van der Waals surface area (Å²) >= 11 is 0. The van der Waals surface area contributed by atoms with Gasteiger partial charge in [0.15, 0.2) is 9.84 Å². The molecule has 24 heavy (non-hydrogen) atoms. The topological polar surface area (TPSA) is 34.1 Å². The van der Waals surface area contributed by atoms with Crippen molar-refractivity contribution >= 4 is 9.84 Å². The van der Waals surface area contributed by atoms with Crippen molar-refractivity contribution in [1.29, 1.82) is 0 Å². The summed E-state index contributed by atoms with van der Waals surface area (Å²) in [5.41, 5.74) is 3.19. The van der Waals surface area contributed by atoms with Gasteiger partial charge in [0, 0.05) is 0 Å². The Morgan fingerprint density at radius 2 is 1.50 bits per heavy atom. The maximum atomic E-state index is 13.3. The average Bonchev–Trinajstić information content (AvgIpc) is 2.61. The van der Waals surface area contributed by atoms with E-state index in [0.29, 0.717) is 4.90 Å². The number of rotatable bonds is 4. The molecule has 3 heteroatoms. The summed E-state index contributed by atoms with van der Waals surface area (Å²) in [6.07, 6.45) is 7.62. The molecule has 0 radical (unpaired) electrons. The van der Waals surface area contributed by atoms with Crippen LogP contribution < -0.4 is 0 Å². The third-order valence-corrected chi connectivity index (χ3v) is 6.70. The zero-order chi connectivity index (χ0) is 17.0. The third-order valence-electron chi connectivity index (χ3n) is 4.69. The van der Waals surface area contributed by atoms with Crippen LogP contribution >= 0.6 is 0 Å². The normalized spacial score (nSPS) is 16.6. The fourth-order valence-corrected chi connectivity index (χ4v) is 4.96. The molecule has 0 bridgehead atoms. The Kier molecular flexibility index (Phi) is 5.20. The molecule has 1 saturated carbocycles. The van der Waals surface area contributed by atoms with Crippen molar-refractivity contribution in [2.75, 3.05) is 0 Å². The van der Waals surface area contributed by atoms with Crippen LogP contribution in [0, 0.1) is 6.92 Å². The highest BCUT2D eigenvalue weighted by molar-refractivity contribution is 7.91. The third kappa shape index (κ3) is 3.78. The highest BCUT2D eigenvalue weighted by Gasteiger charge is 2.28. The molecule has 0 saturated heterocycles. The van der Waals surface area contributed by atoms with Crippen LogP contribution in [0.1, 0.15) is 48.5 Å². The fraction of sp³-hybridized carbons (Fsp3) is 0.333. The second-order valence-corrected chi connectivity index (χ2v) is 8.64. The Bertz CT molecular complexity index is 795. The SMILES string of the molecule is Cc1ccc(S(=O)(=O)[C@H](C=C2CCCCC2)c2ccccc2)cc1. The minimum atomic E-state index is -3.45. The van der Waals surface area contributed by atoms with Crippen molar-refractivity contribution in [1.82, 2.24) is 0 Å². The first-order valence-electron chi connectivity index (χ1n) is 8.62. The van der Waals surface area contributed by atoms with Gasteiger partial charge in [-0.15, -0.1) is 0 Å². The van der Waals surface area contributed by atoms with Gasteiger partial charge in [-0.25, -0.2) is 8.42 Å². The fourth-order valence-electron chi connectivity index (χ4n) is 3.27. The Hall–Kier alpha value is -1.87. The number of aryl methyl sites for hydroxylation is 1. The number of sulfone groups is 1. The van der Waals surface area contributed by atoms with E-state index in [9.17, 15) is 8.42 Å². The van der Waals surface area contributed by atoms with E-state index in [1.165, 1.54) is 12.0 Å². The molecule has 1 aliphatic carbocycles. The summed E-state index contributed by atoms with van der Waals surface area (Å²) < 4.78 is 26.5. The van der Waals surface area contributed by atoms with Gasteiger partial charge in [0.1, 0.15) is 5.25 Å². The second-order valence-electron chi connectivity index (χ2n) is 6.57. The van der Waals surface area contributed by atoms with Gasteiger partial charge < -0.3 is 0 Å². The number of benzene rings is 2. The Balaban J connectivity index is 2.05. The lowest BCUT2D eigenvalue weighted by atomic mass is 9.93. The van der Waals surface area contributed by atoms with E-state index in [2.05, 4.69) is 0 Å². The van der Waals surface area contributed by atoms with E-state index in [1.54, 1.807) is 12.1 Å². The number of hydrogen-bond donors (Lipinski definition) is 0. The van der Waals surface area contributed by atoms with Crippen molar-refractivity contribution in [3.05, 3.63) is 77.4 Å². The molecule has 3 rings (SSSR count). The van der Waals surface area contributed by atoms with Gasteiger partial charge in [-0.1, -0.05) is 66.1 Å². The van der Waals surface area contributed by atoms with Crippen LogP contribution in [0.4, 0.5) is 0 Å². The van der Waals surface area contributed by atoms with Crippen LogP contribution in [0.5, 0.6) is 0 Å². The number of hydrogen-bond acceptors (Lipinski definition) is 2. The minimum Gasteiger partial charge on any atom is -0.223 e. The lowest BCUT2D eigenvalue weighted by Gasteiger charge is -2.19. The van der Waals surface area contributed by atoms with Gasteiger partial charge in [0.25, 0.3) is 0 Å². The van der Waals surface area contributed by atoms with Gasteiger partial charge in [-0.3, -0.25) is 0 Å². The molecule has 2 nitrogen and oxygen atoms in total. The van der Waals surface area contributed by atoms with E-state index in [4.69, 9.17) is 0 Å². The molecule has 0 aliphatic heterocycles. The van der Waals surface area contributed by atoms with Crippen LogP contribution in [0.2, 0.25) is 0 Å². The molecule has 1 fully saturated rings. The summed E-state index contributed by atoms with van der Waals surface area (Å²) in [6.45, 7) is 1.97. The van der Waals surface area contributed by atoms with Crippen molar-refractivity contribution in [2.45, 2.75) is 49.2 Å². The van der Waals surface area contributed by atoms with E-state index in [1.807, 2.05) is 55.5 Å². The van der Waals surface area contributed by atoms with E-state index in [0.717, 1.165) is 36.8 Å². The van der Waals surface area contributed by atoms with Crippen LogP contribution in [-0.2, 0) is 9.84 Å². The molecule has 0 N–H and O–H groups in total. The molecule has 2 aromatic carbocycles. The molecule has 0 aromatic heterocycles. The molecule has 0 amide bonds. The molecule has 0 heterocycles. The van der Waals surface area contributed by atoms with Crippen molar-refractivity contribution in [3.63, 3.8) is 0 Å². The zero-order valence-electron chi connectivity index (χ0n) is 14.1. The molecule has 2 aromatic rings. The lowest BCUT2D eigenvalue weighted by molar-refractivity contribution is 0.583. The van der Waals surface area contributed by atoms with Crippen molar-refractivity contribution in [3.8, 4) is 0 Å². The minimum absolute atomic E-state index is 0.398. The van der Waals surface area contributed by atoms with Gasteiger partial charge in [0.05, 0.1) is 4.90 Å². The smallest absolute Gasteiger partial charge is 0.188 e.